The number of amides is 1. The van der Waals surface area contributed by atoms with Crippen molar-refractivity contribution in [2.45, 2.75) is 25.9 Å². The number of hydrogen-bond acceptors (Lipinski definition) is 2. The SMILES string of the molecule is O=C(NCc1ccc(Cl)cc1Cl)C1CCN(Cc2c(Cl)cccc2Cl)CC1. The first-order valence-electron chi connectivity index (χ1n) is 8.81. The normalized spacial score (nSPS) is 15.7. The standard InChI is InChI=1S/C20H20Cl4N2O/c21-15-5-4-14(19(24)10-15)11-25-20(27)13-6-8-26(9-7-13)12-16-17(22)2-1-3-18(16)23/h1-5,10,13H,6-9,11-12H2,(H,25,27). The van der Waals surface area contributed by atoms with Crippen molar-refractivity contribution in [1.29, 1.82) is 0 Å². The van der Waals surface area contributed by atoms with Gasteiger partial charge < -0.3 is 5.32 Å². The van der Waals surface area contributed by atoms with Crippen LogP contribution in [0.25, 0.3) is 0 Å². The molecular weight excluding hydrogens is 426 g/mol. The van der Waals surface area contributed by atoms with Crippen molar-refractivity contribution in [3.05, 3.63) is 67.6 Å². The molecule has 1 N–H and O–H groups in total. The molecule has 2 aromatic carbocycles. The maximum Gasteiger partial charge on any atom is 0.223 e. The summed E-state index contributed by atoms with van der Waals surface area (Å²) in [5.41, 5.74) is 1.81. The maximum absolute atomic E-state index is 12.5. The third-order valence-electron chi connectivity index (χ3n) is 4.87. The zero-order chi connectivity index (χ0) is 19.4. The molecule has 1 aliphatic rings. The van der Waals surface area contributed by atoms with Crippen molar-refractivity contribution in [2.75, 3.05) is 13.1 Å². The van der Waals surface area contributed by atoms with E-state index in [9.17, 15) is 4.79 Å². The summed E-state index contributed by atoms with van der Waals surface area (Å²) in [7, 11) is 0. The second-order valence-electron chi connectivity index (χ2n) is 6.70. The smallest absolute Gasteiger partial charge is 0.223 e. The van der Waals surface area contributed by atoms with E-state index in [2.05, 4.69) is 10.2 Å². The van der Waals surface area contributed by atoms with Gasteiger partial charge in [0.15, 0.2) is 0 Å². The second-order valence-corrected chi connectivity index (χ2v) is 8.36. The monoisotopic (exact) mass is 444 g/mol. The molecule has 0 unspecified atom stereocenters. The van der Waals surface area contributed by atoms with Crippen molar-refractivity contribution in [3.8, 4) is 0 Å². The van der Waals surface area contributed by atoms with Gasteiger partial charge in [0.05, 0.1) is 0 Å². The Morgan fingerprint density at radius 2 is 1.67 bits per heavy atom. The second kappa shape index (κ2) is 9.49. The van der Waals surface area contributed by atoms with E-state index in [4.69, 9.17) is 46.4 Å². The highest BCUT2D eigenvalue weighted by molar-refractivity contribution is 6.36. The van der Waals surface area contributed by atoms with Crippen LogP contribution in [-0.4, -0.2) is 23.9 Å². The number of likely N-dealkylation sites (tertiary alicyclic amines) is 1. The van der Waals surface area contributed by atoms with E-state index in [1.165, 1.54) is 0 Å². The van der Waals surface area contributed by atoms with Crippen LogP contribution in [0.15, 0.2) is 36.4 Å². The van der Waals surface area contributed by atoms with Crippen LogP contribution in [0, 0.1) is 5.92 Å². The maximum atomic E-state index is 12.5. The van der Waals surface area contributed by atoms with E-state index < -0.39 is 0 Å². The van der Waals surface area contributed by atoms with Crippen molar-refractivity contribution in [2.24, 2.45) is 5.92 Å². The van der Waals surface area contributed by atoms with E-state index in [1.807, 2.05) is 24.3 Å². The average molecular weight is 446 g/mol. The molecule has 1 amide bonds. The fourth-order valence-corrected chi connectivity index (χ4v) is 4.24. The Labute approximate surface area is 179 Å². The number of nitrogens with zero attached hydrogens (tertiary/aromatic N) is 1. The van der Waals surface area contributed by atoms with Crippen LogP contribution in [0.3, 0.4) is 0 Å². The van der Waals surface area contributed by atoms with Crippen molar-refractivity contribution in [3.63, 3.8) is 0 Å². The van der Waals surface area contributed by atoms with Crippen molar-refractivity contribution >= 4 is 52.3 Å². The van der Waals surface area contributed by atoms with Gasteiger partial charge in [-0.05, 0) is 55.8 Å². The Bertz CT molecular complexity index is 799. The molecule has 3 rings (SSSR count). The third-order valence-corrected chi connectivity index (χ3v) is 6.17. The van der Waals surface area contributed by atoms with Crippen LogP contribution in [-0.2, 0) is 17.9 Å². The minimum Gasteiger partial charge on any atom is -0.352 e. The summed E-state index contributed by atoms with van der Waals surface area (Å²) in [6, 6.07) is 10.8. The van der Waals surface area contributed by atoms with Crippen molar-refractivity contribution < 1.29 is 4.79 Å². The molecule has 144 valence electrons. The molecule has 1 aliphatic heterocycles. The van der Waals surface area contributed by atoms with Crippen molar-refractivity contribution in [1.82, 2.24) is 10.2 Å². The Morgan fingerprint density at radius 1 is 1.00 bits per heavy atom. The summed E-state index contributed by atoms with van der Waals surface area (Å²) >= 11 is 24.6. The summed E-state index contributed by atoms with van der Waals surface area (Å²) in [5.74, 6) is 0.0745. The molecule has 1 heterocycles. The van der Waals surface area contributed by atoms with Gasteiger partial charge >= 0.3 is 0 Å². The van der Waals surface area contributed by atoms with Crippen LogP contribution in [0.1, 0.15) is 24.0 Å². The molecule has 0 radical (unpaired) electrons. The zero-order valence-electron chi connectivity index (χ0n) is 14.7. The summed E-state index contributed by atoms with van der Waals surface area (Å²) in [4.78, 5) is 14.8. The molecule has 1 fully saturated rings. The molecule has 1 saturated heterocycles. The number of carbonyl (C=O) groups is 1. The Balaban J connectivity index is 1.49. The molecule has 0 aromatic heterocycles. The van der Waals surface area contributed by atoms with E-state index in [0.717, 1.165) is 37.1 Å². The van der Waals surface area contributed by atoms with Crippen LogP contribution >= 0.6 is 46.4 Å². The highest BCUT2D eigenvalue weighted by atomic mass is 35.5. The average Bonchev–Trinajstić information content (AvgIpc) is 2.64. The Morgan fingerprint density at radius 3 is 2.30 bits per heavy atom. The molecule has 0 saturated carbocycles. The number of benzene rings is 2. The molecule has 7 heteroatoms. The van der Waals surface area contributed by atoms with E-state index >= 15 is 0 Å². The number of rotatable bonds is 5. The van der Waals surface area contributed by atoms with Gasteiger partial charge in [-0.3, -0.25) is 9.69 Å². The van der Waals surface area contributed by atoms with Crippen LogP contribution < -0.4 is 5.32 Å². The number of piperidine rings is 1. The zero-order valence-corrected chi connectivity index (χ0v) is 17.7. The Hall–Kier alpha value is -0.970. The predicted octanol–water partition coefficient (Wildman–Crippen LogP) is 5.83. The fraction of sp³-hybridized carbons (Fsp3) is 0.350. The van der Waals surface area contributed by atoms with E-state index in [1.54, 1.807) is 12.1 Å². The topological polar surface area (TPSA) is 32.3 Å². The third kappa shape index (κ3) is 5.52. The van der Waals surface area contributed by atoms with Gasteiger partial charge in [-0.25, -0.2) is 0 Å². The van der Waals surface area contributed by atoms with Gasteiger partial charge in [0.25, 0.3) is 0 Å². The minimum absolute atomic E-state index is 0.00837. The predicted molar refractivity (Wildman–Crippen MR) is 113 cm³/mol. The van der Waals surface area contributed by atoms with Gasteiger partial charge in [-0.1, -0.05) is 58.5 Å². The molecular formula is C20H20Cl4N2O. The highest BCUT2D eigenvalue weighted by Gasteiger charge is 2.25. The molecule has 0 aliphatic carbocycles. The summed E-state index contributed by atoms with van der Waals surface area (Å²) in [6.07, 6.45) is 1.62. The minimum atomic E-state index is 0.00837. The highest BCUT2D eigenvalue weighted by Crippen LogP contribution is 2.28. The number of hydrogen-bond donors (Lipinski definition) is 1. The first-order chi connectivity index (χ1) is 12.9. The lowest BCUT2D eigenvalue weighted by Crippen LogP contribution is -2.40. The van der Waals surface area contributed by atoms with Crippen LogP contribution in [0.4, 0.5) is 0 Å². The number of nitrogens with one attached hydrogen (secondary N) is 1. The molecule has 3 nitrogen and oxygen atoms in total. The first kappa shape index (κ1) is 20.8. The van der Waals surface area contributed by atoms with Gasteiger partial charge in [-0.15, -0.1) is 0 Å². The molecule has 0 bridgehead atoms. The fourth-order valence-electron chi connectivity index (χ4n) is 3.25. The van der Waals surface area contributed by atoms with Crippen LogP contribution in [0.5, 0.6) is 0 Å². The lowest BCUT2D eigenvalue weighted by atomic mass is 9.95. The molecule has 0 spiro atoms. The number of carbonyl (C=O) groups excluding carboxylic acids is 1. The Kier molecular flexibility index (Phi) is 7.29. The first-order valence-corrected chi connectivity index (χ1v) is 10.3. The molecule has 0 atom stereocenters. The van der Waals surface area contributed by atoms with Gasteiger partial charge in [0, 0.05) is 44.7 Å². The van der Waals surface area contributed by atoms with Crippen LogP contribution in [0.2, 0.25) is 20.1 Å². The van der Waals surface area contributed by atoms with E-state index in [-0.39, 0.29) is 11.8 Å². The van der Waals surface area contributed by atoms with E-state index in [0.29, 0.717) is 33.2 Å². The summed E-state index contributed by atoms with van der Waals surface area (Å²) in [5, 5.41) is 5.50. The largest absolute Gasteiger partial charge is 0.352 e. The van der Waals surface area contributed by atoms with Gasteiger partial charge in [0.2, 0.25) is 5.91 Å². The summed E-state index contributed by atoms with van der Waals surface area (Å²) < 4.78 is 0. The molecule has 27 heavy (non-hydrogen) atoms. The van der Waals surface area contributed by atoms with Gasteiger partial charge in [0.1, 0.15) is 0 Å². The lowest BCUT2D eigenvalue weighted by molar-refractivity contribution is -0.126. The quantitative estimate of drug-likeness (QED) is 0.627. The number of halogens is 4. The molecule has 2 aromatic rings. The summed E-state index contributed by atoms with van der Waals surface area (Å²) in [6.45, 7) is 2.78. The van der Waals surface area contributed by atoms with Gasteiger partial charge in [-0.2, -0.15) is 0 Å². The lowest BCUT2D eigenvalue weighted by Gasteiger charge is -2.31.